The molecule has 0 radical (unpaired) electrons. The lowest BCUT2D eigenvalue weighted by Crippen LogP contribution is -2.13. The summed E-state index contributed by atoms with van der Waals surface area (Å²) in [4.78, 5) is 20.9. The number of pyridine rings is 2. The molecule has 6 heteroatoms. The summed E-state index contributed by atoms with van der Waals surface area (Å²) in [6.07, 6.45) is 7.24. The molecule has 0 spiro atoms. The summed E-state index contributed by atoms with van der Waals surface area (Å²) < 4.78 is 11.0. The highest BCUT2D eigenvalue weighted by Gasteiger charge is 2.10. The van der Waals surface area contributed by atoms with E-state index in [1.165, 1.54) is 0 Å². The second kappa shape index (κ2) is 10.0. The average molecular weight is 423 g/mol. The maximum Gasteiger partial charge on any atom is 0.274 e. The normalized spacial score (nSPS) is 10.7. The lowest BCUT2D eigenvalue weighted by atomic mass is 10.2. The largest absolute Gasteiger partial charge is 0.497 e. The first-order valence-corrected chi connectivity index (χ1v) is 9.98. The van der Waals surface area contributed by atoms with E-state index in [-0.39, 0.29) is 11.6 Å². The number of ether oxygens (including phenoxy) is 2. The van der Waals surface area contributed by atoms with Crippen LogP contribution in [0.3, 0.4) is 0 Å². The summed E-state index contributed by atoms with van der Waals surface area (Å²) in [5.41, 5.74) is 2.83. The minimum atomic E-state index is -0.323. The zero-order chi connectivity index (χ0) is 22.2. The van der Waals surface area contributed by atoms with E-state index in [0.29, 0.717) is 17.2 Å². The molecule has 1 amide bonds. The lowest BCUT2D eigenvalue weighted by molar-refractivity contribution is 0.102. The van der Waals surface area contributed by atoms with Gasteiger partial charge in [-0.2, -0.15) is 0 Å². The summed E-state index contributed by atoms with van der Waals surface area (Å²) in [6.45, 7) is 0. The van der Waals surface area contributed by atoms with Crippen LogP contribution in [-0.2, 0) is 0 Å². The minimum Gasteiger partial charge on any atom is -0.497 e. The van der Waals surface area contributed by atoms with E-state index in [1.54, 1.807) is 55.9 Å². The van der Waals surface area contributed by atoms with E-state index < -0.39 is 0 Å². The summed E-state index contributed by atoms with van der Waals surface area (Å²) in [6, 6.07) is 23.8. The van der Waals surface area contributed by atoms with Gasteiger partial charge in [-0.3, -0.25) is 14.8 Å². The van der Waals surface area contributed by atoms with Crippen molar-refractivity contribution in [3.63, 3.8) is 0 Å². The van der Waals surface area contributed by atoms with Crippen molar-refractivity contribution in [2.75, 3.05) is 12.4 Å². The highest BCUT2D eigenvalue weighted by molar-refractivity contribution is 6.03. The molecule has 0 unspecified atom stereocenters. The van der Waals surface area contributed by atoms with Crippen LogP contribution < -0.4 is 14.8 Å². The van der Waals surface area contributed by atoms with E-state index in [2.05, 4.69) is 15.3 Å². The van der Waals surface area contributed by atoms with Gasteiger partial charge in [0.1, 0.15) is 22.9 Å². The Kier molecular flexibility index (Phi) is 6.53. The Morgan fingerprint density at radius 1 is 0.812 bits per heavy atom. The standard InChI is InChI=1S/C26H21N3O3/c1-31-22-13-9-21(10-14-22)29-26(30)25-18-24(15-17-28-25)32-23-11-6-19(7-12-23)5-8-20-4-2-3-16-27-20/h2-18H,1H3,(H,29,30)/b8-5+. The fraction of sp³-hybridized carbons (Fsp3) is 0.0385. The molecule has 2 heterocycles. The highest BCUT2D eigenvalue weighted by Crippen LogP contribution is 2.23. The number of anilines is 1. The SMILES string of the molecule is COc1ccc(NC(=O)c2cc(Oc3ccc(/C=C/c4ccccn4)cc3)ccn2)cc1. The zero-order valence-corrected chi connectivity index (χ0v) is 17.4. The number of hydrogen-bond donors (Lipinski definition) is 1. The van der Waals surface area contributed by atoms with Gasteiger partial charge in [-0.15, -0.1) is 0 Å². The third-order valence-electron chi connectivity index (χ3n) is 4.56. The Balaban J connectivity index is 1.39. The van der Waals surface area contributed by atoms with Crippen molar-refractivity contribution in [3.8, 4) is 17.2 Å². The van der Waals surface area contributed by atoms with Gasteiger partial charge in [0.05, 0.1) is 12.8 Å². The number of amides is 1. The molecule has 4 aromatic rings. The van der Waals surface area contributed by atoms with Crippen molar-refractivity contribution in [1.29, 1.82) is 0 Å². The molecule has 2 aromatic heterocycles. The van der Waals surface area contributed by atoms with Gasteiger partial charge in [-0.1, -0.05) is 24.3 Å². The molecule has 0 fully saturated rings. The van der Waals surface area contributed by atoms with Gasteiger partial charge in [0.25, 0.3) is 5.91 Å². The number of carbonyl (C=O) groups is 1. The van der Waals surface area contributed by atoms with E-state index in [1.807, 2.05) is 54.6 Å². The van der Waals surface area contributed by atoms with E-state index >= 15 is 0 Å². The smallest absolute Gasteiger partial charge is 0.274 e. The van der Waals surface area contributed by atoms with Gasteiger partial charge in [0.15, 0.2) is 0 Å². The molecule has 0 aliphatic rings. The molecule has 32 heavy (non-hydrogen) atoms. The number of hydrogen-bond acceptors (Lipinski definition) is 5. The van der Waals surface area contributed by atoms with Gasteiger partial charge in [0.2, 0.25) is 0 Å². The van der Waals surface area contributed by atoms with Crippen molar-refractivity contribution in [2.45, 2.75) is 0 Å². The third-order valence-corrected chi connectivity index (χ3v) is 4.56. The number of benzene rings is 2. The van der Waals surface area contributed by atoms with Crippen LogP contribution in [0.1, 0.15) is 21.7 Å². The first-order chi connectivity index (χ1) is 15.7. The summed E-state index contributed by atoms with van der Waals surface area (Å²) in [7, 11) is 1.59. The van der Waals surface area contributed by atoms with Crippen molar-refractivity contribution < 1.29 is 14.3 Å². The quantitative estimate of drug-likeness (QED) is 0.413. The molecule has 0 aliphatic carbocycles. The number of nitrogens with zero attached hydrogens (tertiary/aromatic N) is 2. The Bertz CT molecular complexity index is 1210. The predicted octanol–water partition coefficient (Wildman–Crippen LogP) is 5.70. The Morgan fingerprint density at radius 2 is 1.59 bits per heavy atom. The molecule has 1 N–H and O–H groups in total. The summed E-state index contributed by atoms with van der Waals surface area (Å²) >= 11 is 0. The zero-order valence-electron chi connectivity index (χ0n) is 17.4. The molecular weight excluding hydrogens is 402 g/mol. The average Bonchev–Trinajstić information content (AvgIpc) is 2.85. The second-order valence-corrected chi connectivity index (χ2v) is 6.82. The molecule has 0 atom stereocenters. The molecule has 0 saturated heterocycles. The summed E-state index contributed by atoms with van der Waals surface area (Å²) in [5, 5.41) is 2.81. The van der Waals surface area contributed by atoms with Crippen LogP contribution in [0.2, 0.25) is 0 Å². The van der Waals surface area contributed by atoms with E-state index in [4.69, 9.17) is 9.47 Å². The number of rotatable bonds is 7. The number of aromatic nitrogens is 2. The van der Waals surface area contributed by atoms with Crippen molar-refractivity contribution in [1.82, 2.24) is 9.97 Å². The molecular formula is C26H21N3O3. The Morgan fingerprint density at radius 3 is 2.31 bits per heavy atom. The van der Waals surface area contributed by atoms with Crippen LogP contribution in [0.25, 0.3) is 12.2 Å². The first kappa shape index (κ1) is 20.8. The summed E-state index contributed by atoms with van der Waals surface area (Å²) in [5.74, 6) is 1.58. The van der Waals surface area contributed by atoms with Crippen LogP contribution in [-0.4, -0.2) is 23.0 Å². The van der Waals surface area contributed by atoms with Crippen molar-refractivity contribution in [2.24, 2.45) is 0 Å². The lowest BCUT2D eigenvalue weighted by Gasteiger charge is -2.09. The van der Waals surface area contributed by atoms with Crippen LogP contribution in [0.5, 0.6) is 17.2 Å². The molecule has 2 aromatic carbocycles. The van der Waals surface area contributed by atoms with Crippen LogP contribution >= 0.6 is 0 Å². The third kappa shape index (κ3) is 5.58. The topological polar surface area (TPSA) is 73.3 Å². The van der Waals surface area contributed by atoms with Gasteiger partial charge >= 0.3 is 0 Å². The number of nitrogens with one attached hydrogen (secondary N) is 1. The second-order valence-electron chi connectivity index (χ2n) is 6.82. The van der Waals surface area contributed by atoms with Crippen LogP contribution in [0.4, 0.5) is 5.69 Å². The molecule has 4 rings (SSSR count). The molecule has 6 nitrogen and oxygen atoms in total. The number of carbonyl (C=O) groups excluding carboxylic acids is 1. The monoisotopic (exact) mass is 423 g/mol. The maximum atomic E-state index is 12.5. The van der Waals surface area contributed by atoms with Gasteiger partial charge in [0, 0.05) is 24.1 Å². The fourth-order valence-electron chi connectivity index (χ4n) is 2.91. The van der Waals surface area contributed by atoms with Gasteiger partial charge in [-0.05, 0) is 66.2 Å². The fourth-order valence-corrected chi connectivity index (χ4v) is 2.91. The predicted molar refractivity (Wildman–Crippen MR) is 125 cm³/mol. The molecule has 0 bridgehead atoms. The molecule has 0 aliphatic heterocycles. The minimum absolute atomic E-state index is 0.258. The van der Waals surface area contributed by atoms with Crippen LogP contribution in [0, 0.1) is 0 Å². The molecule has 158 valence electrons. The van der Waals surface area contributed by atoms with Gasteiger partial charge < -0.3 is 14.8 Å². The first-order valence-electron chi connectivity index (χ1n) is 9.98. The highest BCUT2D eigenvalue weighted by atomic mass is 16.5. The van der Waals surface area contributed by atoms with Crippen LogP contribution in [0.15, 0.2) is 91.3 Å². The van der Waals surface area contributed by atoms with Gasteiger partial charge in [-0.25, -0.2) is 0 Å². The Labute approximate surface area is 186 Å². The van der Waals surface area contributed by atoms with Crippen molar-refractivity contribution in [3.05, 3.63) is 108 Å². The van der Waals surface area contributed by atoms with E-state index in [9.17, 15) is 4.79 Å². The number of methoxy groups -OCH3 is 1. The maximum absolute atomic E-state index is 12.5. The van der Waals surface area contributed by atoms with E-state index in [0.717, 1.165) is 17.0 Å². The molecule has 0 saturated carbocycles. The Hall–Kier alpha value is -4.45. The van der Waals surface area contributed by atoms with Crippen molar-refractivity contribution >= 4 is 23.7 Å².